The van der Waals surface area contributed by atoms with Crippen molar-refractivity contribution in [3.05, 3.63) is 95.9 Å². The van der Waals surface area contributed by atoms with Crippen molar-refractivity contribution in [1.82, 2.24) is 9.97 Å². The highest BCUT2D eigenvalue weighted by atomic mass is 19.4. The maximum absolute atomic E-state index is 12.8. The molecule has 0 aliphatic rings. The van der Waals surface area contributed by atoms with Crippen molar-refractivity contribution in [1.29, 1.82) is 0 Å². The number of alkyl halides is 3. The molecule has 29 heavy (non-hydrogen) atoms. The van der Waals surface area contributed by atoms with Gasteiger partial charge in [-0.15, -0.1) is 0 Å². The van der Waals surface area contributed by atoms with E-state index in [-0.39, 0.29) is 5.75 Å². The van der Waals surface area contributed by atoms with Gasteiger partial charge in [-0.25, -0.2) is 0 Å². The van der Waals surface area contributed by atoms with E-state index in [9.17, 15) is 18.3 Å². The fraction of sp³-hybridized carbons (Fsp3) is 0.0909. The van der Waals surface area contributed by atoms with Crippen LogP contribution in [0.4, 0.5) is 18.9 Å². The van der Waals surface area contributed by atoms with Crippen LogP contribution in [-0.2, 0) is 6.18 Å². The zero-order valence-corrected chi connectivity index (χ0v) is 15.1. The topological polar surface area (TPSA) is 58.0 Å². The Hall–Kier alpha value is -3.61. The average Bonchev–Trinajstić information content (AvgIpc) is 2.73. The van der Waals surface area contributed by atoms with E-state index < -0.39 is 17.8 Å². The highest BCUT2D eigenvalue weighted by Crippen LogP contribution is 2.36. The second kappa shape index (κ2) is 7.43. The molecule has 4 nitrogen and oxygen atoms in total. The molecule has 2 aromatic carbocycles. The predicted octanol–water partition coefficient (Wildman–Crippen LogP) is 5.56. The molecule has 2 aromatic heterocycles. The summed E-state index contributed by atoms with van der Waals surface area (Å²) in [5.74, 6) is -0.00170. The van der Waals surface area contributed by atoms with E-state index >= 15 is 0 Å². The van der Waals surface area contributed by atoms with Crippen molar-refractivity contribution < 1.29 is 18.3 Å². The first-order valence-corrected chi connectivity index (χ1v) is 8.85. The average molecular weight is 395 g/mol. The molecule has 0 bridgehead atoms. The number of rotatable bonds is 4. The Kier molecular flexibility index (Phi) is 4.80. The van der Waals surface area contributed by atoms with Crippen LogP contribution in [0.15, 0.2) is 79.1 Å². The molecule has 0 spiro atoms. The summed E-state index contributed by atoms with van der Waals surface area (Å²) < 4.78 is 38.5. The van der Waals surface area contributed by atoms with Gasteiger partial charge in [0.1, 0.15) is 11.3 Å². The van der Waals surface area contributed by atoms with Gasteiger partial charge in [0, 0.05) is 29.0 Å². The van der Waals surface area contributed by atoms with Gasteiger partial charge in [-0.1, -0.05) is 24.3 Å². The van der Waals surface area contributed by atoms with Gasteiger partial charge in [-0.05, 0) is 42.5 Å². The van der Waals surface area contributed by atoms with E-state index in [1.165, 1.54) is 12.1 Å². The first-order valence-electron chi connectivity index (χ1n) is 8.85. The second-order valence-corrected chi connectivity index (χ2v) is 6.49. The van der Waals surface area contributed by atoms with Crippen molar-refractivity contribution in [2.45, 2.75) is 12.2 Å². The molecule has 0 aliphatic heterocycles. The maximum atomic E-state index is 12.8. The number of anilines is 1. The predicted molar refractivity (Wildman–Crippen MR) is 105 cm³/mol. The Morgan fingerprint density at radius 1 is 0.828 bits per heavy atom. The summed E-state index contributed by atoms with van der Waals surface area (Å²) in [6.45, 7) is 0. The number of benzene rings is 2. The van der Waals surface area contributed by atoms with Gasteiger partial charge in [0.15, 0.2) is 0 Å². The SMILES string of the molecule is Oc1c([C@H](Nc2ccc(C(F)(F)F)cc2)c2ccccn2)ccc2cccnc12. The Bertz CT molecular complexity index is 1130. The number of pyridine rings is 2. The van der Waals surface area contributed by atoms with E-state index in [1.807, 2.05) is 12.1 Å². The minimum atomic E-state index is -4.40. The fourth-order valence-corrected chi connectivity index (χ4v) is 3.16. The minimum Gasteiger partial charge on any atom is -0.505 e. The zero-order valence-electron chi connectivity index (χ0n) is 15.1. The monoisotopic (exact) mass is 395 g/mol. The van der Waals surface area contributed by atoms with Crippen LogP contribution >= 0.6 is 0 Å². The summed E-state index contributed by atoms with van der Waals surface area (Å²) in [5, 5.41) is 14.8. The van der Waals surface area contributed by atoms with Gasteiger partial charge < -0.3 is 10.4 Å². The summed E-state index contributed by atoms with van der Waals surface area (Å²) in [6.07, 6.45) is -1.20. The van der Waals surface area contributed by atoms with Crippen LogP contribution in [0.5, 0.6) is 5.75 Å². The van der Waals surface area contributed by atoms with E-state index in [4.69, 9.17) is 0 Å². The van der Waals surface area contributed by atoms with Crippen LogP contribution in [0.3, 0.4) is 0 Å². The van der Waals surface area contributed by atoms with Gasteiger partial charge in [0.25, 0.3) is 0 Å². The quantitative estimate of drug-likeness (QED) is 0.475. The zero-order chi connectivity index (χ0) is 20.4. The first-order chi connectivity index (χ1) is 13.9. The Morgan fingerprint density at radius 3 is 2.28 bits per heavy atom. The van der Waals surface area contributed by atoms with Gasteiger partial charge >= 0.3 is 6.18 Å². The standard InChI is InChI=1S/C22H16F3N3O/c23-22(24,25)15-7-9-16(10-8-15)28-20(18-5-1-2-12-26-18)17-11-6-14-4-3-13-27-19(14)21(17)29/h1-13,20,28-29H/t20-/m0/s1. The molecule has 0 saturated carbocycles. The number of fused-ring (bicyclic) bond motifs is 1. The lowest BCUT2D eigenvalue weighted by Gasteiger charge is -2.22. The van der Waals surface area contributed by atoms with Crippen LogP contribution in [0.25, 0.3) is 10.9 Å². The molecule has 0 saturated heterocycles. The van der Waals surface area contributed by atoms with E-state index in [0.29, 0.717) is 22.5 Å². The summed E-state index contributed by atoms with van der Waals surface area (Å²) in [5.41, 5.74) is 1.32. The van der Waals surface area contributed by atoms with Crippen molar-refractivity contribution >= 4 is 16.6 Å². The number of hydrogen-bond acceptors (Lipinski definition) is 4. The molecule has 2 heterocycles. The van der Waals surface area contributed by atoms with Crippen molar-refractivity contribution in [3.8, 4) is 5.75 Å². The van der Waals surface area contributed by atoms with Crippen LogP contribution < -0.4 is 5.32 Å². The molecule has 4 aromatic rings. The molecule has 0 radical (unpaired) electrons. The van der Waals surface area contributed by atoms with Crippen LogP contribution in [-0.4, -0.2) is 15.1 Å². The number of phenols is 1. The molecular weight excluding hydrogens is 379 g/mol. The molecule has 4 rings (SSSR count). The summed E-state index contributed by atoms with van der Waals surface area (Å²) in [6, 6.07) is 16.7. The van der Waals surface area contributed by atoms with Crippen LogP contribution in [0.2, 0.25) is 0 Å². The van der Waals surface area contributed by atoms with Gasteiger partial charge in [0.2, 0.25) is 0 Å². The number of phenolic OH excluding ortho intramolecular Hbond substituents is 1. The van der Waals surface area contributed by atoms with Crippen molar-refractivity contribution in [2.75, 3.05) is 5.32 Å². The number of aromatic hydroxyl groups is 1. The lowest BCUT2D eigenvalue weighted by Crippen LogP contribution is -2.14. The molecule has 0 amide bonds. The van der Waals surface area contributed by atoms with Crippen LogP contribution in [0.1, 0.15) is 22.9 Å². The highest BCUT2D eigenvalue weighted by Gasteiger charge is 2.30. The first kappa shape index (κ1) is 18.7. The third-order valence-corrected chi connectivity index (χ3v) is 4.60. The third kappa shape index (κ3) is 3.85. The Labute approximate surface area is 164 Å². The summed E-state index contributed by atoms with van der Waals surface area (Å²) in [4.78, 5) is 8.60. The molecule has 0 aliphatic carbocycles. The van der Waals surface area contributed by atoms with Gasteiger partial charge in [-0.3, -0.25) is 9.97 Å². The molecule has 7 heteroatoms. The van der Waals surface area contributed by atoms with E-state index in [0.717, 1.165) is 17.5 Å². The molecule has 1 atom stereocenters. The van der Waals surface area contributed by atoms with Gasteiger partial charge in [-0.2, -0.15) is 13.2 Å². The van der Waals surface area contributed by atoms with Crippen molar-refractivity contribution in [3.63, 3.8) is 0 Å². The lowest BCUT2D eigenvalue weighted by atomic mass is 9.99. The van der Waals surface area contributed by atoms with E-state index in [1.54, 1.807) is 42.7 Å². The number of nitrogens with zero attached hydrogens (tertiary/aromatic N) is 2. The Morgan fingerprint density at radius 2 is 1.59 bits per heavy atom. The number of halogens is 3. The normalized spacial score (nSPS) is 12.7. The summed E-state index contributed by atoms with van der Waals surface area (Å²) >= 11 is 0. The lowest BCUT2D eigenvalue weighted by molar-refractivity contribution is -0.137. The maximum Gasteiger partial charge on any atom is 0.416 e. The summed E-state index contributed by atoms with van der Waals surface area (Å²) in [7, 11) is 0. The third-order valence-electron chi connectivity index (χ3n) is 4.60. The molecular formula is C22H16F3N3O. The fourth-order valence-electron chi connectivity index (χ4n) is 3.16. The number of nitrogens with one attached hydrogen (secondary N) is 1. The smallest absolute Gasteiger partial charge is 0.416 e. The van der Waals surface area contributed by atoms with Gasteiger partial charge in [0.05, 0.1) is 17.3 Å². The Balaban J connectivity index is 1.77. The molecule has 0 unspecified atom stereocenters. The highest BCUT2D eigenvalue weighted by molar-refractivity contribution is 5.85. The second-order valence-electron chi connectivity index (χ2n) is 6.49. The van der Waals surface area contributed by atoms with Crippen LogP contribution in [0, 0.1) is 0 Å². The molecule has 0 fully saturated rings. The van der Waals surface area contributed by atoms with Crippen molar-refractivity contribution in [2.24, 2.45) is 0 Å². The van der Waals surface area contributed by atoms with E-state index in [2.05, 4.69) is 15.3 Å². The number of hydrogen-bond donors (Lipinski definition) is 2. The number of aromatic nitrogens is 2. The molecule has 146 valence electrons. The largest absolute Gasteiger partial charge is 0.505 e. The molecule has 2 N–H and O–H groups in total. The minimum absolute atomic E-state index is 0.00170.